The van der Waals surface area contributed by atoms with Gasteiger partial charge in [-0.2, -0.15) is 4.89 Å². The molecule has 0 bridgehead atoms. The van der Waals surface area contributed by atoms with Gasteiger partial charge in [-0.25, -0.2) is 0 Å². The van der Waals surface area contributed by atoms with Gasteiger partial charge in [0.05, 0.1) is 0 Å². The fourth-order valence-electron chi connectivity index (χ4n) is 0. The molecule has 0 amide bonds. The largest absolute Gasteiger partial charge is 0.510 e. The van der Waals surface area contributed by atoms with Crippen LogP contribution in [0.2, 0.25) is 0 Å². The van der Waals surface area contributed by atoms with Crippen LogP contribution < -0.4 is 0 Å². The van der Waals surface area contributed by atoms with Crippen LogP contribution in [0.5, 0.6) is 0 Å². The van der Waals surface area contributed by atoms with Gasteiger partial charge in [-0.3, -0.25) is 0 Å². The van der Waals surface area contributed by atoms with Crippen molar-refractivity contribution in [1.29, 1.82) is 0 Å². The molecule has 0 heterocycles. The molecule has 0 saturated carbocycles. The molecule has 0 aromatic heterocycles. The summed E-state index contributed by atoms with van der Waals surface area (Å²) >= 11 is 0. The molecule has 0 spiro atoms. The molecule has 1 unspecified atom stereocenters. The van der Waals surface area contributed by atoms with Gasteiger partial charge in [0, 0.05) is 0 Å². The van der Waals surface area contributed by atoms with E-state index in [2.05, 4.69) is 0 Å². The summed E-state index contributed by atoms with van der Waals surface area (Å²) in [5.74, 6) is 0. The molecule has 4 heteroatoms. The van der Waals surface area contributed by atoms with E-state index in [-0.39, 0.29) is 17.4 Å². The second-order valence-electron chi connectivity index (χ2n) is 2.44. The first-order chi connectivity index (χ1) is 2.94. The van der Waals surface area contributed by atoms with Crippen molar-refractivity contribution in [1.82, 2.24) is 0 Å². The van der Waals surface area contributed by atoms with E-state index >= 15 is 0 Å². The van der Waals surface area contributed by atoms with Crippen LogP contribution in [0.4, 0.5) is 0 Å². The summed E-state index contributed by atoms with van der Waals surface area (Å²) in [5.41, 5.74) is 0. The van der Waals surface area contributed by atoms with Crippen molar-refractivity contribution in [3.05, 3.63) is 0 Å². The van der Waals surface area contributed by atoms with Crippen molar-refractivity contribution in [2.45, 2.75) is 25.9 Å². The van der Waals surface area contributed by atoms with E-state index < -0.39 is 13.2 Å². The third-order valence-electron chi connectivity index (χ3n) is 0.574. The predicted molar refractivity (Wildman–Crippen MR) is 39.5 cm³/mol. The van der Waals surface area contributed by atoms with Gasteiger partial charge in [-0.1, -0.05) is 0 Å². The van der Waals surface area contributed by atoms with Crippen LogP contribution in [-0.4, -0.2) is 27.4 Å². The molecule has 1 atom stereocenters. The SMILES string of the molecule is CC(C)(C)[P+](=O)O.[AlH3]. The van der Waals surface area contributed by atoms with Crippen molar-refractivity contribution in [3.8, 4) is 0 Å². The Kier molecular flexibility index (Phi) is 5.11. The topological polar surface area (TPSA) is 37.3 Å². The van der Waals surface area contributed by atoms with Crippen LogP contribution in [0.3, 0.4) is 0 Å². The fourth-order valence-corrected chi connectivity index (χ4v) is 0. The van der Waals surface area contributed by atoms with Crippen molar-refractivity contribution in [2.24, 2.45) is 0 Å². The summed E-state index contributed by atoms with van der Waals surface area (Å²) in [6.45, 7) is 5.18. The second kappa shape index (κ2) is 3.59. The second-order valence-corrected chi connectivity index (χ2v) is 4.33. The first kappa shape index (κ1) is 11.4. The summed E-state index contributed by atoms with van der Waals surface area (Å²) in [5, 5.41) is -0.435. The Bertz CT molecular complexity index is 86.5. The van der Waals surface area contributed by atoms with Crippen molar-refractivity contribution < 1.29 is 9.46 Å². The van der Waals surface area contributed by atoms with Crippen molar-refractivity contribution in [2.75, 3.05) is 0 Å². The van der Waals surface area contributed by atoms with Gasteiger partial charge < -0.3 is 0 Å². The molecule has 1 N–H and O–H groups in total. The molecule has 0 aliphatic heterocycles. The van der Waals surface area contributed by atoms with E-state index in [1.165, 1.54) is 0 Å². The van der Waals surface area contributed by atoms with Crippen LogP contribution in [0, 0.1) is 0 Å². The molecule has 0 aromatic rings. The molecule has 0 radical (unpaired) electrons. The van der Waals surface area contributed by atoms with Gasteiger partial charge in [-0.15, -0.1) is 0 Å². The summed E-state index contributed by atoms with van der Waals surface area (Å²) in [4.78, 5) is 8.40. The Morgan fingerprint density at radius 2 is 1.50 bits per heavy atom. The number of rotatable bonds is 0. The first-order valence-corrected chi connectivity index (χ1v) is 3.32. The van der Waals surface area contributed by atoms with Gasteiger partial charge in [-0.05, 0) is 25.3 Å². The Morgan fingerprint density at radius 1 is 1.38 bits per heavy atom. The molecule has 0 rings (SSSR count). The van der Waals surface area contributed by atoms with E-state index in [0.29, 0.717) is 0 Å². The minimum atomic E-state index is -1.99. The summed E-state index contributed by atoms with van der Waals surface area (Å²) in [7, 11) is -1.99. The minimum Gasteiger partial charge on any atom is -0.160 e. The van der Waals surface area contributed by atoms with Gasteiger partial charge in [0.25, 0.3) is 0 Å². The molecule has 0 aliphatic rings. The molecule has 0 aliphatic carbocycles. The van der Waals surface area contributed by atoms with Gasteiger partial charge in [0.2, 0.25) is 0 Å². The molecular weight excluding hydrogens is 138 g/mol. The highest BCUT2D eigenvalue weighted by Gasteiger charge is 2.32. The zero-order chi connectivity index (χ0) is 6.08. The normalized spacial score (nSPS) is 12.2. The molecule has 48 valence electrons. The summed E-state index contributed by atoms with van der Waals surface area (Å²) < 4.78 is 10.2. The number of hydrogen-bond donors (Lipinski definition) is 1. The molecule has 0 aromatic carbocycles. The van der Waals surface area contributed by atoms with Gasteiger partial charge in [0.15, 0.2) is 22.5 Å². The van der Waals surface area contributed by atoms with Crippen LogP contribution in [0.1, 0.15) is 20.8 Å². The fraction of sp³-hybridized carbons (Fsp3) is 1.00. The lowest BCUT2D eigenvalue weighted by molar-refractivity contribution is 0.473. The molecular formula is C4H13AlO2P+. The average molecular weight is 151 g/mol. The lowest BCUT2D eigenvalue weighted by Crippen LogP contribution is -2.05. The highest BCUT2D eigenvalue weighted by Crippen LogP contribution is 2.32. The van der Waals surface area contributed by atoms with Crippen molar-refractivity contribution in [3.63, 3.8) is 0 Å². The Balaban J connectivity index is 0. The number of hydrogen-bond acceptors (Lipinski definition) is 1. The lowest BCUT2D eigenvalue weighted by Gasteiger charge is -1.96. The highest BCUT2D eigenvalue weighted by atomic mass is 31.1. The first-order valence-electron chi connectivity index (χ1n) is 2.11. The third kappa shape index (κ3) is 4.74. The maximum absolute atomic E-state index is 10.2. The Labute approximate surface area is 61.3 Å². The van der Waals surface area contributed by atoms with Crippen LogP contribution >= 0.6 is 8.03 Å². The summed E-state index contributed by atoms with van der Waals surface area (Å²) in [6, 6.07) is 0. The van der Waals surface area contributed by atoms with Gasteiger partial charge >= 0.3 is 8.03 Å². The molecule has 0 saturated heterocycles. The van der Waals surface area contributed by atoms with Crippen molar-refractivity contribution >= 4 is 25.4 Å². The maximum Gasteiger partial charge on any atom is 0.510 e. The Hall–Kier alpha value is 0.592. The maximum atomic E-state index is 10.2. The third-order valence-corrected chi connectivity index (χ3v) is 1.72. The minimum absolute atomic E-state index is 0. The van der Waals surface area contributed by atoms with E-state index in [0.717, 1.165) is 0 Å². The molecule has 2 nitrogen and oxygen atoms in total. The average Bonchev–Trinajstić information content (AvgIpc) is 1.31. The Morgan fingerprint density at radius 3 is 1.50 bits per heavy atom. The van der Waals surface area contributed by atoms with Gasteiger partial charge in [0.1, 0.15) is 0 Å². The van der Waals surface area contributed by atoms with E-state index in [4.69, 9.17) is 4.89 Å². The quantitative estimate of drug-likeness (QED) is 0.400. The van der Waals surface area contributed by atoms with E-state index in [9.17, 15) is 4.57 Å². The van der Waals surface area contributed by atoms with Crippen LogP contribution in [-0.2, 0) is 4.57 Å². The monoisotopic (exact) mass is 151 g/mol. The smallest absolute Gasteiger partial charge is 0.160 e. The van der Waals surface area contributed by atoms with Crippen LogP contribution in [0.15, 0.2) is 0 Å². The van der Waals surface area contributed by atoms with E-state index in [1.54, 1.807) is 20.8 Å². The zero-order valence-corrected chi connectivity index (χ0v) is 5.70. The summed E-state index contributed by atoms with van der Waals surface area (Å²) in [6.07, 6.45) is 0. The predicted octanol–water partition coefficient (Wildman–Crippen LogP) is 0.336. The molecule has 8 heavy (non-hydrogen) atoms. The van der Waals surface area contributed by atoms with E-state index in [1.807, 2.05) is 0 Å². The molecule has 0 fully saturated rings. The lowest BCUT2D eigenvalue weighted by atomic mass is 10.3. The van der Waals surface area contributed by atoms with Crippen LogP contribution in [0.25, 0.3) is 0 Å². The standard InChI is InChI=1S/C4H9O2P.Al.3H/c1-4(2,3)7(5)6;;;;/h1-3H3;;;;/p+1. The highest BCUT2D eigenvalue weighted by molar-refractivity contribution is 7.39. The zero-order valence-electron chi connectivity index (χ0n) is 4.80.